The predicted molar refractivity (Wildman–Crippen MR) is 164 cm³/mol. The predicted octanol–water partition coefficient (Wildman–Crippen LogP) is 3.41. The van der Waals surface area contributed by atoms with Gasteiger partial charge in [0.2, 0.25) is 0 Å². The number of hydrogen-bond donors (Lipinski definition) is 3. The fourth-order valence-electron chi connectivity index (χ4n) is 6.55. The van der Waals surface area contributed by atoms with Gasteiger partial charge in [0, 0.05) is 64.1 Å². The highest BCUT2D eigenvalue weighted by atomic mass is 19.1. The van der Waals surface area contributed by atoms with Gasteiger partial charge in [-0.3, -0.25) is 14.1 Å². The summed E-state index contributed by atoms with van der Waals surface area (Å²) in [7, 11) is 2.15. The molecule has 0 aliphatic carbocycles. The van der Waals surface area contributed by atoms with E-state index in [-0.39, 0.29) is 17.4 Å². The number of anilines is 3. The Morgan fingerprint density at radius 2 is 1.81 bits per heavy atom. The molecule has 2 saturated heterocycles. The number of halogens is 1. The fourth-order valence-corrected chi connectivity index (χ4v) is 6.55. The standard InChI is InChI=1S/C32H37FN8O2/c1-21-7-10-41-26(19-35-30(41)29(21)33)23-4-5-25(28-24(23)18-36-31(28)42)37-27-6-3-22(17-34-27)40-11-8-32(43,9-12-40)20-39-15-13-38(2)14-16-39/h3-7,10,17,19,43H,8-9,11-16,18,20H2,1-2H3,(H,34,37)(H,36,42). The number of amides is 1. The number of aromatic nitrogens is 3. The maximum absolute atomic E-state index is 14.7. The fraction of sp³-hybridized carbons (Fsp3) is 0.406. The molecule has 10 nitrogen and oxygen atoms in total. The van der Waals surface area contributed by atoms with Gasteiger partial charge in [-0.25, -0.2) is 14.4 Å². The van der Waals surface area contributed by atoms with E-state index in [0.29, 0.717) is 29.2 Å². The first kappa shape index (κ1) is 27.8. The Morgan fingerprint density at radius 1 is 1.02 bits per heavy atom. The molecule has 43 heavy (non-hydrogen) atoms. The average Bonchev–Trinajstić information content (AvgIpc) is 3.62. The highest BCUT2D eigenvalue weighted by Crippen LogP contribution is 2.36. The van der Waals surface area contributed by atoms with Crippen LogP contribution in [0.15, 0.2) is 48.9 Å². The SMILES string of the molecule is Cc1ccn2c(-c3ccc(Nc4ccc(N5CCC(O)(CN6CCN(C)CC6)CC5)cn4)c4c3CNC4=O)cnc2c1F. The number of hydrogen-bond acceptors (Lipinski definition) is 8. The molecule has 4 aromatic rings. The van der Waals surface area contributed by atoms with E-state index in [1.54, 1.807) is 29.8 Å². The molecule has 2 fully saturated rings. The molecule has 11 heteroatoms. The molecule has 224 valence electrons. The molecule has 7 rings (SSSR count). The summed E-state index contributed by atoms with van der Waals surface area (Å²) in [5, 5.41) is 17.5. The number of piperidine rings is 1. The quantitative estimate of drug-likeness (QED) is 0.317. The molecule has 0 atom stereocenters. The second-order valence-corrected chi connectivity index (χ2v) is 12.2. The number of carbonyl (C=O) groups excluding carboxylic acids is 1. The van der Waals surface area contributed by atoms with E-state index in [9.17, 15) is 14.3 Å². The van der Waals surface area contributed by atoms with Crippen LogP contribution >= 0.6 is 0 Å². The van der Waals surface area contributed by atoms with E-state index in [2.05, 4.69) is 42.3 Å². The molecule has 0 spiro atoms. The summed E-state index contributed by atoms with van der Waals surface area (Å²) < 4.78 is 16.4. The molecule has 0 saturated carbocycles. The van der Waals surface area contributed by atoms with Crippen LogP contribution in [0.1, 0.15) is 34.3 Å². The van der Waals surface area contributed by atoms with Crippen molar-refractivity contribution in [3.05, 3.63) is 71.4 Å². The number of likely N-dealkylation sites (N-methyl/N-ethyl adjacent to an activating group) is 1. The first-order chi connectivity index (χ1) is 20.8. The molecule has 3 aliphatic rings. The van der Waals surface area contributed by atoms with Crippen LogP contribution in [0.4, 0.5) is 21.6 Å². The van der Waals surface area contributed by atoms with Gasteiger partial charge in [0.05, 0.1) is 40.6 Å². The van der Waals surface area contributed by atoms with Gasteiger partial charge in [-0.2, -0.15) is 0 Å². The number of aliphatic hydroxyl groups is 1. The van der Waals surface area contributed by atoms with Crippen molar-refractivity contribution in [1.82, 2.24) is 29.5 Å². The molecule has 3 aliphatic heterocycles. The number of imidazole rings is 1. The number of pyridine rings is 2. The normalized spacial score (nSPS) is 19.1. The van der Waals surface area contributed by atoms with Crippen molar-refractivity contribution in [2.75, 3.05) is 63.1 Å². The molecular formula is C32H37FN8O2. The molecule has 6 heterocycles. The number of β-amino-alcohol motifs (C(OH)–C–C–N with tert-alkyl or cyclic N) is 1. The Bertz CT molecular complexity index is 1670. The molecule has 1 amide bonds. The van der Waals surface area contributed by atoms with Crippen LogP contribution in [0.5, 0.6) is 0 Å². The summed E-state index contributed by atoms with van der Waals surface area (Å²) in [6, 6.07) is 9.48. The number of nitrogens with zero attached hydrogens (tertiary/aromatic N) is 6. The van der Waals surface area contributed by atoms with Gasteiger partial charge in [0.25, 0.3) is 5.91 Å². The van der Waals surface area contributed by atoms with E-state index in [1.165, 1.54) is 0 Å². The lowest BCUT2D eigenvalue weighted by Gasteiger charge is -2.43. The van der Waals surface area contributed by atoms with Crippen LogP contribution in [0, 0.1) is 12.7 Å². The van der Waals surface area contributed by atoms with Crippen molar-refractivity contribution in [2.45, 2.75) is 31.9 Å². The van der Waals surface area contributed by atoms with Gasteiger partial charge in [0.1, 0.15) is 5.82 Å². The average molecular weight is 585 g/mol. The first-order valence-corrected chi connectivity index (χ1v) is 15.0. The smallest absolute Gasteiger partial charge is 0.254 e. The minimum absolute atomic E-state index is 0.163. The number of carbonyl (C=O) groups is 1. The number of benzene rings is 1. The van der Waals surface area contributed by atoms with Gasteiger partial charge in [-0.15, -0.1) is 0 Å². The van der Waals surface area contributed by atoms with Gasteiger partial charge in [0.15, 0.2) is 11.5 Å². The van der Waals surface area contributed by atoms with Crippen LogP contribution in [0.3, 0.4) is 0 Å². The first-order valence-electron chi connectivity index (χ1n) is 15.0. The number of aryl methyl sites for hydroxylation is 1. The summed E-state index contributed by atoms with van der Waals surface area (Å²) in [4.78, 5) is 28.9. The molecular weight excluding hydrogens is 547 g/mol. The van der Waals surface area contributed by atoms with E-state index in [0.717, 1.165) is 81.2 Å². The van der Waals surface area contributed by atoms with Gasteiger partial charge in [-0.05, 0) is 62.2 Å². The van der Waals surface area contributed by atoms with Crippen LogP contribution in [0.25, 0.3) is 16.9 Å². The van der Waals surface area contributed by atoms with Crippen molar-refractivity contribution in [3.63, 3.8) is 0 Å². The highest BCUT2D eigenvalue weighted by Gasteiger charge is 2.35. The summed E-state index contributed by atoms with van der Waals surface area (Å²) >= 11 is 0. The summed E-state index contributed by atoms with van der Waals surface area (Å²) in [5.74, 6) is 0.122. The topological polar surface area (TPSA) is 101 Å². The van der Waals surface area contributed by atoms with Crippen LogP contribution in [-0.2, 0) is 6.54 Å². The Kier molecular flexibility index (Phi) is 7.03. The third kappa shape index (κ3) is 5.21. The van der Waals surface area contributed by atoms with E-state index in [4.69, 9.17) is 0 Å². The van der Waals surface area contributed by atoms with E-state index < -0.39 is 5.60 Å². The van der Waals surface area contributed by atoms with Crippen LogP contribution in [0.2, 0.25) is 0 Å². The highest BCUT2D eigenvalue weighted by molar-refractivity contribution is 6.06. The third-order valence-corrected chi connectivity index (χ3v) is 9.24. The van der Waals surface area contributed by atoms with E-state index >= 15 is 0 Å². The van der Waals surface area contributed by atoms with Gasteiger partial charge < -0.3 is 25.5 Å². The zero-order chi connectivity index (χ0) is 29.7. The molecule has 3 N–H and O–H groups in total. The Hall–Kier alpha value is -4.06. The Labute approximate surface area is 250 Å². The summed E-state index contributed by atoms with van der Waals surface area (Å²) in [6.45, 7) is 8.51. The molecule has 0 bridgehead atoms. The number of piperazine rings is 1. The maximum Gasteiger partial charge on any atom is 0.254 e. The van der Waals surface area contributed by atoms with Crippen molar-refractivity contribution in [1.29, 1.82) is 0 Å². The zero-order valence-corrected chi connectivity index (χ0v) is 24.6. The second-order valence-electron chi connectivity index (χ2n) is 12.2. The van der Waals surface area contributed by atoms with Gasteiger partial charge >= 0.3 is 0 Å². The molecule has 3 aromatic heterocycles. The summed E-state index contributed by atoms with van der Waals surface area (Å²) in [6.07, 6.45) is 6.76. The lowest BCUT2D eigenvalue weighted by molar-refractivity contribution is -0.0250. The van der Waals surface area contributed by atoms with Crippen molar-refractivity contribution in [2.24, 2.45) is 0 Å². The van der Waals surface area contributed by atoms with E-state index in [1.807, 2.05) is 30.5 Å². The number of nitrogens with one attached hydrogen (secondary N) is 2. The lowest BCUT2D eigenvalue weighted by atomic mass is 9.90. The molecule has 0 unspecified atom stereocenters. The van der Waals surface area contributed by atoms with Crippen LogP contribution in [-0.4, -0.2) is 93.6 Å². The second kappa shape index (κ2) is 10.9. The number of rotatable bonds is 6. The van der Waals surface area contributed by atoms with Crippen molar-refractivity contribution in [3.8, 4) is 11.3 Å². The lowest BCUT2D eigenvalue weighted by Crippen LogP contribution is -2.54. The summed E-state index contributed by atoms with van der Waals surface area (Å²) in [5.41, 5.74) is 4.79. The third-order valence-electron chi connectivity index (χ3n) is 9.24. The largest absolute Gasteiger partial charge is 0.388 e. The Morgan fingerprint density at radius 3 is 2.56 bits per heavy atom. The Balaban J connectivity index is 1.05. The van der Waals surface area contributed by atoms with Crippen molar-refractivity contribution >= 4 is 28.7 Å². The maximum atomic E-state index is 14.7. The minimum Gasteiger partial charge on any atom is -0.388 e. The minimum atomic E-state index is -0.648. The number of fused-ring (bicyclic) bond motifs is 2. The van der Waals surface area contributed by atoms with Crippen LogP contribution < -0.4 is 15.5 Å². The van der Waals surface area contributed by atoms with Gasteiger partial charge in [-0.1, -0.05) is 6.07 Å². The molecule has 1 aromatic carbocycles. The monoisotopic (exact) mass is 584 g/mol. The molecule has 0 radical (unpaired) electrons. The zero-order valence-electron chi connectivity index (χ0n) is 24.6. The van der Waals surface area contributed by atoms with Crippen molar-refractivity contribution < 1.29 is 14.3 Å².